The van der Waals surface area contributed by atoms with Crippen LogP contribution in [0.4, 0.5) is 0 Å². The fourth-order valence-electron chi connectivity index (χ4n) is 1.49. The molecule has 0 amide bonds. The number of hydrogen-bond acceptors (Lipinski definition) is 4. The Morgan fingerprint density at radius 3 is 2.87 bits per heavy atom. The number of ether oxygens (including phenoxy) is 3. The molecule has 0 radical (unpaired) electrons. The lowest BCUT2D eigenvalue weighted by atomic mass is 10.3. The molecule has 0 saturated heterocycles. The molecule has 1 aromatic carbocycles. The Morgan fingerprint density at radius 1 is 1.33 bits per heavy atom. The molecule has 1 heterocycles. The summed E-state index contributed by atoms with van der Waals surface area (Å²) in [4.78, 5) is 0. The van der Waals surface area contributed by atoms with E-state index in [1.165, 1.54) is 0 Å². The zero-order valence-electron chi connectivity index (χ0n) is 8.95. The van der Waals surface area contributed by atoms with Crippen molar-refractivity contribution in [3.05, 3.63) is 18.2 Å². The second kappa shape index (κ2) is 3.62. The maximum absolute atomic E-state index is 5.63. The Bertz CT molecular complexity index is 363. The van der Waals surface area contributed by atoms with Gasteiger partial charge >= 0.3 is 0 Å². The average molecular weight is 209 g/mol. The van der Waals surface area contributed by atoms with Crippen LogP contribution >= 0.6 is 0 Å². The average Bonchev–Trinajstić information content (AvgIpc) is 2.49. The van der Waals surface area contributed by atoms with Gasteiger partial charge in [0.2, 0.25) is 11.5 Å². The molecule has 4 nitrogen and oxygen atoms in total. The molecule has 0 spiro atoms. The molecule has 0 unspecified atom stereocenters. The maximum Gasteiger partial charge on any atom is 0.246 e. The van der Waals surface area contributed by atoms with Crippen LogP contribution < -0.4 is 19.9 Å². The van der Waals surface area contributed by atoms with Crippen LogP contribution in [0.5, 0.6) is 17.2 Å². The molecule has 2 N–H and O–H groups in total. The van der Waals surface area contributed by atoms with E-state index in [0.717, 1.165) is 5.75 Å². The highest BCUT2D eigenvalue weighted by Gasteiger charge is 2.33. The van der Waals surface area contributed by atoms with Crippen molar-refractivity contribution in [3.63, 3.8) is 0 Å². The lowest BCUT2D eigenvalue weighted by molar-refractivity contribution is -0.0440. The first kappa shape index (κ1) is 10.1. The third-order valence-corrected chi connectivity index (χ3v) is 2.02. The third-order valence-electron chi connectivity index (χ3n) is 2.02. The monoisotopic (exact) mass is 209 g/mol. The van der Waals surface area contributed by atoms with E-state index in [-0.39, 0.29) is 0 Å². The van der Waals surface area contributed by atoms with Crippen molar-refractivity contribution in [1.29, 1.82) is 0 Å². The van der Waals surface area contributed by atoms with Gasteiger partial charge in [0.1, 0.15) is 6.61 Å². The van der Waals surface area contributed by atoms with E-state index in [4.69, 9.17) is 19.9 Å². The Morgan fingerprint density at radius 2 is 2.13 bits per heavy atom. The predicted molar refractivity (Wildman–Crippen MR) is 56.3 cm³/mol. The molecule has 0 aromatic heterocycles. The van der Waals surface area contributed by atoms with E-state index < -0.39 is 5.79 Å². The fourth-order valence-corrected chi connectivity index (χ4v) is 1.49. The second-order valence-corrected chi connectivity index (χ2v) is 3.82. The van der Waals surface area contributed by atoms with Crippen molar-refractivity contribution in [1.82, 2.24) is 0 Å². The first-order valence-corrected chi connectivity index (χ1v) is 4.96. The minimum atomic E-state index is -0.621. The molecule has 0 bridgehead atoms. The van der Waals surface area contributed by atoms with Gasteiger partial charge in [-0.2, -0.15) is 0 Å². The minimum Gasteiger partial charge on any atom is -0.488 e. The summed E-state index contributed by atoms with van der Waals surface area (Å²) in [5, 5.41) is 0. The quantitative estimate of drug-likeness (QED) is 0.820. The standard InChI is InChI=1S/C11H15NO3/c1-11(2)14-9-5-3-4-8(10(9)15-11)13-7-6-12/h3-5H,6-7,12H2,1-2H3. The van der Waals surface area contributed by atoms with Crippen molar-refractivity contribution in [3.8, 4) is 17.2 Å². The first-order chi connectivity index (χ1) is 7.12. The van der Waals surface area contributed by atoms with Gasteiger partial charge in [0.25, 0.3) is 0 Å². The molecule has 82 valence electrons. The molecule has 1 aromatic rings. The number of benzene rings is 1. The molecule has 2 rings (SSSR count). The van der Waals surface area contributed by atoms with Gasteiger partial charge in [-0.25, -0.2) is 0 Å². The van der Waals surface area contributed by atoms with Gasteiger partial charge in [-0.3, -0.25) is 0 Å². The highest BCUT2D eigenvalue weighted by atomic mass is 16.7. The Kier molecular flexibility index (Phi) is 2.44. The highest BCUT2D eigenvalue weighted by molar-refractivity contribution is 5.53. The second-order valence-electron chi connectivity index (χ2n) is 3.82. The molecule has 0 saturated carbocycles. The Balaban J connectivity index is 2.25. The van der Waals surface area contributed by atoms with Crippen molar-refractivity contribution in [2.45, 2.75) is 19.6 Å². The van der Waals surface area contributed by atoms with Crippen LogP contribution in [0.1, 0.15) is 13.8 Å². The Labute approximate surface area is 88.9 Å². The zero-order chi connectivity index (χ0) is 10.9. The minimum absolute atomic E-state index is 0.472. The Hall–Kier alpha value is -1.42. The zero-order valence-corrected chi connectivity index (χ0v) is 8.95. The topological polar surface area (TPSA) is 53.7 Å². The van der Waals surface area contributed by atoms with E-state index >= 15 is 0 Å². The molecule has 0 aliphatic carbocycles. The summed E-state index contributed by atoms with van der Waals surface area (Å²) in [6.45, 7) is 4.67. The SMILES string of the molecule is CC1(C)Oc2cccc(OCCN)c2O1. The fraction of sp³-hybridized carbons (Fsp3) is 0.455. The summed E-state index contributed by atoms with van der Waals surface area (Å²) in [5.74, 6) is 1.44. The molecule has 1 aliphatic rings. The van der Waals surface area contributed by atoms with Crippen LogP contribution in [0.2, 0.25) is 0 Å². The number of hydrogen-bond donors (Lipinski definition) is 1. The summed E-state index contributed by atoms with van der Waals surface area (Å²) in [6.07, 6.45) is 0. The van der Waals surface area contributed by atoms with E-state index in [0.29, 0.717) is 24.7 Å². The van der Waals surface area contributed by atoms with Crippen molar-refractivity contribution >= 4 is 0 Å². The van der Waals surface area contributed by atoms with Gasteiger partial charge in [-0.05, 0) is 12.1 Å². The maximum atomic E-state index is 5.63. The van der Waals surface area contributed by atoms with Gasteiger partial charge in [0.15, 0.2) is 11.5 Å². The highest BCUT2D eigenvalue weighted by Crippen LogP contribution is 2.45. The largest absolute Gasteiger partial charge is 0.488 e. The molecule has 4 heteroatoms. The van der Waals surface area contributed by atoms with E-state index in [9.17, 15) is 0 Å². The van der Waals surface area contributed by atoms with Crippen LogP contribution in [0.25, 0.3) is 0 Å². The molecular formula is C11H15NO3. The summed E-state index contributed by atoms with van der Waals surface area (Å²) in [6, 6.07) is 5.58. The van der Waals surface area contributed by atoms with Gasteiger partial charge < -0.3 is 19.9 Å². The van der Waals surface area contributed by atoms with Crippen LogP contribution in [0.3, 0.4) is 0 Å². The molecular weight excluding hydrogens is 194 g/mol. The molecule has 0 fully saturated rings. The molecule has 0 atom stereocenters. The van der Waals surface area contributed by atoms with Crippen molar-refractivity contribution < 1.29 is 14.2 Å². The normalized spacial score (nSPS) is 16.5. The predicted octanol–water partition coefficient (Wildman–Crippen LogP) is 1.53. The molecule has 15 heavy (non-hydrogen) atoms. The number of nitrogens with two attached hydrogens (primary N) is 1. The number of para-hydroxylation sites is 1. The molecule has 1 aliphatic heterocycles. The van der Waals surface area contributed by atoms with Crippen LogP contribution in [0, 0.1) is 0 Å². The summed E-state index contributed by atoms with van der Waals surface area (Å²) in [5.41, 5.74) is 5.38. The van der Waals surface area contributed by atoms with Crippen LogP contribution in [-0.4, -0.2) is 18.9 Å². The number of rotatable bonds is 3. The summed E-state index contributed by atoms with van der Waals surface area (Å²) < 4.78 is 16.7. The van der Waals surface area contributed by atoms with Crippen molar-refractivity contribution in [2.75, 3.05) is 13.2 Å². The van der Waals surface area contributed by atoms with Gasteiger partial charge in [-0.15, -0.1) is 0 Å². The van der Waals surface area contributed by atoms with E-state index in [1.54, 1.807) is 0 Å². The summed E-state index contributed by atoms with van der Waals surface area (Å²) in [7, 11) is 0. The summed E-state index contributed by atoms with van der Waals surface area (Å²) >= 11 is 0. The van der Waals surface area contributed by atoms with Crippen LogP contribution in [-0.2, 0) is 0 Å². The smallest absolute Gasteiger partial charge is 0.246 e. The van der Waals surface area contributed by atoms with Gasteiger partial charge in [0.05, 0.1) is 0 Å². The van der Waals surface area contributed by atoms with Crippen molar-refractivity contribution in [2.24, 2.45) is 5.73 Å². The third kappa shape index (κ3) is 1.99. The van der Waals surface area contributed by atoms with E-state index in [1.807, 2.05) is 32.0 Å². The van der Waals surface area contributed by atoms with E-state index in [2.05, 4.69) is 0 Å². The van der Waals surface area contributed by atoms with Crippen LogP contribution in [0.15, 0.2) is 18.2 Å². The lowest BCUT2D eigenvalue weighted by Gasteiger charge is -2.16. The lowest BCUT2D eigenvalue weighted by Crippen LogP contribution is -2.29. The van der Waals surface area contributed by atoms with Gasteiger partial charge in [0, 0.05) is 20.4 Å². The number of fused-ring (bicyclic) bond motifs is 1. The van der Waals surface area contributed by atoms with Gasteiger partial charge in [-0.1, -0.05) is 6.07 Å². The first-order valence-electron chi connectivity index (χ1n) is 4.96.